The van der Waals surface area contributed by atoms with Crippen molar-refractivity contribution in [2.45, 2.75) is 31.6 Å². The van der Waals surface area contributed by atoms with Gasteiger partial charge in [-0.1, -0.05) is 31.0 Å². The zero-order valence-corrected chi connectivity index (χ0v) is 10.8. The van der Waals surface area contributed by atoms with E-state index in [1.807, 2.05) is 18.2 Å². The van der Waals surface area contributed by atoms with Crippen LogP contribution in [0.5, 0.6) is 5.75 Å². The standard InChI is InChI=1S/C17H17NO/c19-12-9-14(11-5-1-2-6-11)17-15(10-12)13-7-3-4-8-16(13)18-17/h3-4,7-11,18-19H,1-2,5-6H2. The summed E-state index contributed by atoms with van der Waals surface area (Å²) in [5.41, 5.74) is 3.66. The van der Waals surface area contributed by atoms with Crippen molar-refractivity contribution >= 4 is 21.8 Å². The molecule has 0 aliphatic heterocycles. The molecule has 0 spiro atoms. The van der Waals surface area contributed by atoms with Crippen LogP contribution in [0.15, 0.2) is 36.4 Å². The third-order valence-electron chi connectivity index (χ3n) is 4.43. The maximum Gasteiger partial charge on any atom is 0.116 e. The van der Waals surface area contributed by atoms with E-state index in [4.69, 9.17) is 0 Å². The SMILES string of the molecule is Oc1cc(C2CCCC2)c2[nH]c3ccccc3c2c1. The summed E-state index contributed by atoms with van der Waals surface area (Å²) in [4.78, 5) is 3.54. The van der Waals surface area contributed by atoms with E-state index in [1.165, 1.54) is 42.1 Å². The number of hydrogen-bond acceptors (Lipinski definition) is 1. The van der Waals surface area contributed by atoms with E-state index in [0.29, 0.717) is 11.7 Å². The fraction of sp³-hybridized carbons (Fsp3) is 0.294. The summed E-state index contributed by atoms with van der Waals surface area (Å²) < 4.78 is 0. The Morgan fingerprint density at radius 1 is 1.00 bits per heavy atom. The van der Waals surface area contributed by atoms with Gasteiger partial charge in [0.25, 0.3) is 0 Å². The van der Waals surface area contributed by atoms with Crippen LogP contribution in [0.3, 0.4) is 0 Å². The number of benzene rings is 2. The van der Waals surface area contributed by atoms with Gasteiger partial charge in [-0.2, -0.15) is 0 Å². The van der Waals surface area contributed by atoms with Crippen LogP contribution >= 0.6 is 0 Å². The van der Waals surface area contributed by atoms with E-state index in [0.717, 1.165) is 10.9 Å². The van der Waals surface area contributed by atoms with Crippen molar-refractivity contribution in [2.24, 2.45) is 0 Å². The zero-order chi connectivity index (χ0) is 12.8. The molecule has 0 atom stereocenters. The molecule has 1 fully saturated rings. The number of aromatic nitrogens is 1. The smallest absolute Gasteiger partial charge is 0.116 e. The summed E-state index contributed by atoms with van der Waals surface area (Å²) in [6.07, 6.45) is 5.10. The molecule has 2 aromatic carbocycles. The van der Waals surface area contributed by atoms with Gasteiger partial charge in [0.2, 0.25) is 0 Å². The molecular formula is C17H17NO. The second-order valence-corrected chi connectivity index (χ2v) is 5.61. The van der Waals surface area contributed by atoms with E-state index in [-0.39, 0.29) is 0 Å². The van der Waals surface area contributed by atoms with Crippen LogP contribution in [0.1, 0.15) is 37.2 Å². The quantitative estimate of drug-likeness (QED) is 0.647. The molecule has 1 heterocycles. The van der Waals surface area contributed by atoms with Gasteiger partial charge in [-0.15, -0.1) is 0 Å². The number of rotatable bonds is 1. The molecule has 2 nitrogen and oxygen atoms in total. The molecule has 96 valence electrons. The van der Waals surface area contributed by atoms with Crippen LogP contribution in [0.4, 0.5) is 0 Å². The van der Waals surface area contributed by atoms with Crippen LogP contribution in [0, 0.1) is 0 Å². The Morgan fingerprint density at radius 3 is 2.63 bits per heavy atom. The van der Waals surface area contributed by atoms with Gasteiger partial charge in [-0.3, -0.25) is 0 Å². The Balaban J connectivity index is 2.06. The van der Waals surface area contributed by atoms with E-state index < -0.39 is 0 Å². The van der Waals surface area contributed by atoms with Crippen LogP contribution in [0.2, 0.25) is 0 Å². The van der Waals surface area contributed by atoms with Crippen LogP contribution in [0.25, 0.3) is 21.8 Å². The molecule has 2 N–H and O–H groups in total. The number of phenols is 1. The minimum absolute atomic E-state index is 0.388. The Hall–Kier alpha value is -1.96. The Bertz CT molecular complexity index is 750. The molecule has 0 saturated heterocycles. The summed E-state index contributed by atoms with van der Waals surface area (Å²) in [5.74, 6) is 0.988. The molecule has 1 aliphatic carbocycles. The predicted octanol–water partition coefficient (Wildman–Crippen LogP) is 4.68. The highest BCUT2D eigenvalue weighted by Gasteiger charge is 2.21. The Labute approximate surface area is 112 Å². The summed E-state index contributed by atoms with van der Waals surface area (Å²) >= 11 is 0. The van der Waals surface area contributed by atoms with E-state index in [1.54, 1.807) is 0 Å². The highest BCUT2D eigenvalue weighted by atomic mass is 16.3. The average molecular weight is 251 g/mol. The van der Waals surface area contributed by atoms with E-state index in [2.05, 4.69) is 23.2 Å². The van der Waals surface area contributed by atoms with Gasteiger partial charge in [0, 0.05) is 16.3 Å². The van der Waals surface area contributed by atoms with Gasteiger partial charge in [-0.25, -0.2) is 0 Å². The van der Waals surface area contributed by atoms with Gasteiger partial charge >= 0.3 is 0 Å². The zero-order valence-electron chi connectivity index (χ0n) is 10.8. The predicted molar refractivity (Wildman–Crippen MR) is 78.7 cm³/mol. The first-order valence-corrected chi connectivity index (χ1v) is 7.06. The minimum Gasteiger partial charge on any atom is -0.508 e. The monoisotopic (exact) mass is 251 g/mol. The number of hydrogen-bond donors (Lipinski definition) is 2. The molecule has 1 aromatic heterocycles. The average Bonchev–Trinajstić information content (AvgIpc) is 3.05. The van der Waals surface area contributed by atoms with Crippen LogP contribution < -0.4 is 0 Å². The van der Waals surface area contributed by atoms with Gasteiger partial charge < -0.3 is 10.1 Å². The van der Waals surface area contributed by atoms with Crippen molar-refractivity contribution in [3.8, 4) is 5.75 Å². The lowest BCUT2D eigenvalue weighted by Gasteiger charge is -2.11. The molecule has 1 aliphatic rings. The lowest BCUT2D eigenvalue weighted by Crippen LogP contribution is -1.93. The number of para-hydroxylation sites is 1. The fourth-order valence-corrected chi connectivity index (χ4v) is 3.52. The first-order valence-electron chi connectivity index (χ1n) is 7.06. The lowest BCUT2D eigenvalue weighted by molar-refractivity contribution is 0.474. The number of H-pyrrole nitrogens is 1. The summed E-state index contributed by atoms with van der Waals surface area (Å²) in [6.45, 7) is 0. The van der Waals surface area contributed by atoms with Crippen molar-refractivity contribution in [3.63, 3.8) is 0 Å². The summed E-state index contributed by atoms with van der Waals surface area (Å²) in [6, 6.07) is 12.2. The van der Waals surface area contributed by atoms with Crippen LogP contribution in [-0.4, -0.2) is 10.1 Å². The molecule has 3 aromatic rings. The number of fused-ring (bicyclic) bond motifs is 3. The number of aromatic amines is 1. The fourth-order valence-electron chi connectivity index (χ4n) is 3.52. The Kier molecular flexibility index (Phi) is 2.31. The molecule has 19 heavy (non-hydrogen) atoms. The van der Waals surface area contributed by atoms with E-state index in [9.17, 15) is 5.11 Å². The first-order chi connectivity index (χ1) is 9.33. The topological polar surface area (TPSA) is 36.0 Å². The number of phenolic OH excluding ortho intramolecular Hbond substituents is 1. The van der Waals surface area contributed by atoms with Crippen LogP contribution in [-0.2, 0) is 0 Å². The molecular weight excluding hydrogens is 234 g/mol. The van der Waals surface area contributed by atoms with E-state index >= 15 is 0 Å². The van der Waals surface area contributed by atoms with Crippen molar-refractivity contribution in [1.82, 2.24) is 4.98 Å². The maximum absolute atomic E-state index is 10.0. The second kappa shape index (κ2) is 4.02. The number of nitrogens with one attached hydrogen (secondary N) is 1. The second-order valence-electron chi connectivity index (χ2n) is 5.61. The Morgan fingerprint density at radius 2 is 1.79 bits per heavy atom. The number of aromatic hydroxyl groups is 1. The van der Waals surface area contributed by atoms with Crippen molar-refractivity contribution in [2.75, 3.05) is 0 Å². The first kappa shape index (κ1) is 10.9. The minimum atomic E-state index is 0.388. The normalized spacial score (nSPS) is 16.6. The van der Waals surface area contributed by atoms with Crippen molar-refractivity contribution in [3.05, 3.63) is 42.0 Å². The highest BCUT2D eigenvalue weighted by molar-refractivity contribution is 6.08. The highest BCUT2D eigenvalue weighted by Crippen LogP contribution is 2.40. The van der Waals surface area contributed by atoms with Crippen molar-refractivity contribution in [1.29, 1.82) is 0 Å². The molecule has 0 unspecified atom stereocenters. The summed E-state index contributed by atoms with van der Waals surface area (Å²) in [5, 5.41) is 12.4. The van der Waals surface area contributed by atoms with Crippen molar-refractivity contribution < 1.29 is 5.11 Å². The molecule has 0 radical (unpaired) electrons. The largest absolute Gasteiger partial charge is 0.508 e. The van der Waals surface area contributed by atoms with Gasteiger partial charge in [-0.05, 0) is 42.5 Å². The maximum atomic E-state index is 10.0. The molecule has 0 amide bonds. The van der Waals surface area contributed by atoms with Gasteiger partial charge in [0.15, 0.2) is 0 Å². The molecule has 1 saturated carbocycles. The third-order valence-corrected chi connectivity index (χ3v) is 4.43. The summed E-state index contributed by atoms with van der Waals surface area (Å²) in [7, 11) is 0. The third kappa shape index (κ3) is 1.63. The van der Waals surface area contributed by atoms with Gasteiger partial charge in [0.1, 0.15) is 5.75 Å². The molecule has 0 bridgehead atoms. The molecule has 4 rings (SSSR count). The van der Waals surface area contributed by atoms with Gasteiger partial charge in [0.05, 0.1) is 5.52 Å². The lowest BCUT2D eigenvalue weighted by atomic mass is 9.95. The molecule has 2 heteroatoms.